The molecular formula is C26H28ClN7O. The Labute approximate surface area is 208 Å². The van der Waals surface area contributed by atoms with E-state index in [0.717, 1.165) is 48.0 Å². The smallest absolute Gasteiger partial charge is 0.260 e. The maximum absolute atomic E-state index is 13.8. The number of fused-ring (bicyclic) bond motifs is 1. The molecule has 3 N–H and O–H groups in total. The van der Waals surface area contributed by atoms with E-state index in [2.05, 4.69) is 25.3 Å². The molecule has 0 atom stereocenters. The van der Waals surface area contributed by atoms with Crippen LogP contribution in [0.3, 0.4) is 0 Å². The maximum atomic E-state index is 13.8. The van der Waals surface area contributed by atoms with Crippen molar-refractivity contribution in [1.29, 1.82) is 0 Å². The fraction of sp³-hybridized carbons (Fsp3) is 0.346. The molecule has 1 aromatic carbocycles. The van der Waals surface area contributed by atoms with Crippen molar-refractivity contribution < 1.29 is 0 Å². The minimum Gasteiger partial charge on any atom is -0.357 e. The molecule has 3 heterocycles. The monoisotopic (exact) mass is 489 g/mol. The number of halogens is 1. The van der Waals surface area contributed by atoms with E-state index in [1.54, 1.807) is 30.2 Å². The molecule has 0 unspecified atom stereocenters. The van der Waals surface area contributed by atoms with Crippen LogP contribution in [0.25, 0.3) is 33.4 Å². The van der Waals surface area contributed by atoms with Crippen LogP contribution in [0.15, 0.2) is 47.7 Å². The number of aryl methyl sites for hydroxylation is 1. The normalized spacial score (nSPS) is 18.1. The van der Waals surface area contributed by atoms with E-state index < -0.39 is 0 Å². The first-order chi connectivity index (χ1) is 16.9. The van der Waals surface area contributed by atoms with Crippen LogP contribution in [0.4, 0.5) is 5.95 Å². The molecule has 35 heavy (non-hydrogen) atoms. The zero-order valence-corrected chi connectivity index (χ0v) is 20.6. The summed E-state index contributed by atoms with van der Waals surface area (Å²) in [5.41, 5.74) is 10.2. The molecule has 1 aliphatic rings. The van der Waals surface area contributed by atoms with Gasteiger partial charge in [-0.3, -0.25) is 14.3 Å². The highest BCUT2D eigenvalue weighted by Gasteiger charge is 2.22. The molecular weight excluding hydrogens is 462 g/mol. The van der Waals surface area contributed by atoms with Gasteiger partial charge in [-0.05, 0) is 50.7 Å². The SMILES string of the molecule is CNc1ncc2cc(-c3ccc(-c4cncc(C)n4)cc3Cl)c(=O)n(CC3CCC(N)CC3)c2n1. The van der Waals surface area contributed by atoms with Crippen LogP contribution in [0.2, 0.25) is 5.02 Å². The van der Waals surface area contributed by atoms with Crippen molar-refractivity contribution in [1.82, 2.24) is 24.5 Å². The van der Waals surface area contributed by atoms with Crippen LogP contribution < -0.4 is 16.6 Å². The molecule has 4 aromatic rings. The van der Waals surface area contributed by atoms with Crippen LogP contribution in [0.1, 0.15) is 31.4 Å². The number of benzene rings is 1. The molecule has 180 valence electrons. The second-order valence-electron chi connectivity index (χ2n) is 9.22. The first kappa shape index (κ1) is 23.4. The van der Waals surface area contributed by atoms with Crippen molar-refractivity contribution in [2.75, 3.05) is 12.4 Å². The van der Waals surface area contributed by atoms with Gasteiger partial charge >= 0.3 is 0 Å². The lowest BCUT2D eigenvalue weighted by molar-refractivity contribution is 0.295. The van der Waals surface area contributed by atoms with Gasteiger partial charge in [-0.25, -0.2) is 9.97 Å². The van der Waals surface area contributed by atoms with Gasteiger partial charge < -0.3 is 11.1 Å². The number of pyridine rings is 1. The van der Waals surface area contributed by atoms with Crippen molar-refractivity contribution in [3.05, 3.63) is 63.9 Å². The Kier molecular flexibility index (Phi) is 6.49. The molecule has 0 saturated heterocycles. The second-order valence-corrected chi connectivity index (χ2v) is 9.62. The average molecular weight is 490 g/mol. The summed E-state index contributed by atoms with van der Waals surface area (Å²) in [5.74, 6) is 0.849. The minimum atomic E-state index is -0.113. The summed E-state index contributed by atoms with van der Waals surface area (Å²) >= 11 is 6.73. The Morgan fingerprint density at radius 2 is 1.89 bits per heavy atom. The van der Waals surface area contributed by atoms with Gasteiger partial charge in [-0.1, -0.05) is 23.7 Å². The van der Waals surface area contributed by atoms with E-state index >= 15 is 0 Å². The van der Waals surface area contributed by atoms with Gasteiger partial charge in [0.05, 0.1) is 17.6 Å². The quantitative estimate of drug-likeness (QED) is 0.426. The van der Waals surface area contributed by atoms with Crippen LogP contribution >= 0.6 is 11.6 Å². The topological polar surface area (TPSA) is 112 Å². The Hall–Kier alpha value is -3.36. The van der Waals surface area contributed by atoms with Crippen molar-refractivity contribution in [3.63, 3.8) is 0 Å². The molecule has 5 rings (SSSR count). The molecule has 8 nitrogen and oxygen atoms in total. The lowest BCUT2D eigenvalue weighted by atomic mass is 9.86. The van der Waals surface area contributed by atoms with Gasteiger partial charge in [0, 0.05) is 59.1 Å². The molecule has 0 radical (unpaired) electrons. The first-order valence-corrected chi connectivity index (χ1v) is 12.2. The summed E-state index contributed by atoms with van der Waals surface area (Å²) in [6.45, 7) is 2.48. The molecule has 1 saturated carbocycles. The fourth-order valence-corrected chi connectivity index (χ4v) is 5.05. The third kappa shape index (κ3) is 4.76. The van der Waals surface area contributed by atoms with Crippen LogP contribution in [0, 0.1) is 12.8 Å². The number of anilines is 1. The van der Waals surface area contributed by atoms with Crippen molar-refractivity contribution >= 4 is 28.6 Å². The zero-order valence-electron chi connectivity index (χ0n) is 19.8. The Bertz CT molecular complexity index is 1440. The number of hydrogen-bond acceptors (Lipinski definition) is 7. The second kappa shape index (κ2) is 9.71. The van der Waals surface area contributed by atoms with Crippen LogP contribution in [0.5, 0.6) is 0 Å². The third-order valence-corrected chi connectivity index (χ3v) is 7.01. The standard InChI is InChI=1S/C26H28ClN7O/c1-15-11-30-13-23(32-15)17-5-8-20(22(27)10-17)21-9-18-12-31-26(29-2)33-24(18)34(25(21)35)14-16-3-6-19(28)7-4-16/h5,8-13,16,19H,3-4,6-7,14,28H2,1-2H3,(H,29,31,33). The van der Waals surface area contributed by atoms with Gasteiger partial charge in [-0.2, -0.15) is 4.98 Å². The lowest BCUT2D eigenvalue weighted by Gasteiger charge is -2.27. The molecule has 1 fully saturated rings. The summed E-state index contributed by atoms with van der Waals surface area (Å²) in [4.78, 5) is 31.6. The number of rotatable bonds is 5. The number of aromatic nitrogens is 5. The molecule has 9 heteroatoms. The third-order valence-electron chi connectivity index (χ3n) is 6.69. The highest BCUT2D eigenvalue weighted by atomic mass is 35.5. The summed E-state index contributed by atoms with van der Waals surface area (Å²) in [6.07, 6.45) is 9.10. The molecule has 0 spiro atoms. The lowest BCUT2D eigenvalue weighted by Crippen LogP contribution is -2.31. The minimum absolute atomic E-state index is 0.113. The summed E-state index contributed by atoms with van der Waals surface area (Å²) in [5, 5.41) is 4.23. The van der Waals surface area contributed by atoms with Gasteiger partial charge in [0.15, 0.2) is 0 Å². The molecule has 0 aliphatic heterocycles. The predicted octanol–water partition coefficient (Wildman–Crippen LogP) is 4.44. The number of nitrogens with one attached hydrogen (secondary N) is 1. The van der Waals surface area contributed by atoms with E-state index in [1.165, 1.54) is 0 Å². The molecule has 1 aliphatic carbocycles. The summed E-state index contributed by atoms with van der Waals surface area (Å²) < 4.78 is 1.78. The maximum Gasteiger partial charge on any atom is 0.260 e. The zero-order chi connectivity index (χ0) is 24.5. The van der Waals surface area contributed by atoms with Crippen LogP contribution in [-0.2, 0) is 6.54 Å². The largest absolute Gasteiger partial charge is 0.357 e. The molecule has 0 amide bonds. The first-order valence-electron chi connectivity index (χ1n) is 11.9. The van der Waals surface area contributed by atoms with E-state index in [9.17, 15) is 4.79 Å². The predicted molar refractivity (Wildman–Crippen MR) is 139 cm³/mol. The number of nitrogens with zero attached hydrogens (tertiary/aromatic N) is 5. The highest BCUT2D eigenvalue weighted by molar-refractivity contribution is 6.33. The van der Waals surface area contributed by atoms with Gasteiger partial charge in [0.25, 0.3) is 5.56 Å². The van der Waals surface area contributed by atoms with Crippen molar-refractivity contribution in [2.45, 2.75) is 45.2 Å². The van der Waals surface area contributed by atoms with Gasteiger partial charge in [0.1, 0.15) is 5.65 Å². The van der Waals surface area contributed by atoms with E-state index in [4.69, 9.17) is 17.3 Å². The van der Waals surface area contributed by atoms with Gasteiger partial charge in [0.2, 0.25) is 5.95 Å². The Morgan fingerprint density at radius 1 is 1.09 bits per heavy atom. The average Bonchev–Trinajstić information content (AvgIpc) is 2.86. The van der Waals surface area contributed by atoms with Crippen LogP contribution in [-0.4, -0.2) is 37.6 Å². The fourth-order valence-electron chi connectivity index (χ4n) is 4.77. The summed E-state index contributed by atoms with van der Waals surface area (Å²) in [7, 11) is 1.76. The highest BCUT2D eigenvalue weighted by Crippen LogP contribution is 2.32. The van der Waals surface area contributed by atoms with E-state index in [1.807, 2.05) is 31.2 Å². The van der Waals surface area contributed by atoms with Gasteiger partial charge in [-0.15, -0.1) is 0 Å². The van der Waals surface area contributed by atoms with Crippen molar-refractivity contribution in [3.8, 4) is 22.4 Å². The number of nitrogens with two attached hydrogens (primary N) is 1. The number of hydrogen-bond donors (Lipinski definition) is 2. The molecule has 3 aromatic heterocycles. The van der Waals surface area contributed by atoms with E-state index in [0.29, 0.717) is 40.2 Å². The summed E-state index contributed by atoms with van der Waals surface area (Å²) in [6, 6.07) is 7.70. The Morgan fingerprint density at radius 3 is 2.60 bits per heavy atom. The van der Waals surface area contributed by atoms with Crippen molar-refractivity contribution in [2.24, 2.45) is 11.7 Å². The van der Waals surface area contributed by atoms with E-state index in [-0.39, 0.29) is 11.6 Å². The molecule has 0 bridgehead atoms. The Balaban J connectivity index is 1.61.